The Morgan fingerprint density at radius 2 is 1.86 bits per heavy atom. The highest BCUT2D eigenvalue weighted by atomic mass is 19.3. The monoisotopic (exact) mass is 388 g/mol. The summed E-state index contributed by atoms with van der Waals surface area (Å²) in [5.74, 6) is -3.37. The van der Waals surface area contributed by atoms with E-state index in [1.807, 2.05) is 0 Å². The summed E-state index contributed by atoms with van der Waals surface area (Å²) in [6.45, 7) is 5.44. The van der Waals surface area contributed by atoms with Crippen molar-refractivity contribution in [1.29, 1.82) is 0 Å². The minimum absolute atomic E-state index is 0.161. The quantitative estimate of drug-likeness (QED) is 0.681. The van der Waals surface area contributed by atoms with Crippen molar-refractivity contribution in [1.82, 2.24) is 19.9 Å². The normalized spacial score (nSPS) is 11.4. The first-order chi connectivity index (χ1) is 13.1. The second-order valence-electron chi connectivity index (χ2n) is 6.32. The van der Waals surface area contributed by atoms with Crippen molar-refractivity contribution in [2.75, 3.05) is 10.6 Å². The van der Waals surface area contributed by atoms with Crippen LogP contribution in [0.25, 0.3) is 11.5 Å². The second-order valence-corrected chi connectivity index (χ2v) is 6.32. The Morgan fingerprint density at radius 1 is 1.11 bits per heavy atom. The Labute approximate surface area is 159 Å². The fourth-order valence-corrected chi connectivity index (χ4v) is 2.42. The molecule has 10 heteroatoms. The zero-order valence-corrected chi connectivity index (χ0v) is 15.7. The van der Waals surface area contributed by atoms with E-state index in [2.05, 4.69) is 30.6 Å². The molecule has 0 atom stereocenters. The SMILES string of the molecule is CC(=O)Nc1cc(Nc2cc(C)nc(C(C)(F)F)n2)c(-c2nc(C)co2)cn1. The minimum Gasteiger partial charge on any atom is -0.444 e. The third kappa shape index (κ3) is 4.45. The molecule has 8 nitrogen and oxygen atoms in total. The molecule has 2 N–H and O–H groups in total. The largest absolute Gasteiger partial charge is 0.444 e. The van der Waals surface area contributed by atoms with E-state index in [1.165, 1.54) is 31.5 Å². The number of nitrogens with zero attached hydrogens (tertiary/aromatic N) is 4. The third-order valence-electron chi connectivity index (χ3n) is 3.57. The lowest BCUT2D eigenvalue weighted by Gasteiger charge is -2.14. The van der Waals surface area contributed by atoms with Gasteiger partial charge >= 0.3 is 5.92 Å². The van der Waals surface area contributed by atoms with Crippen LogP contribution in [0, 0.1) is 13.8 Å². The number of pyridine rings is 1. The van der Waals surface area contributed by atoms with Gasteiger partial charge in [-0.15, -0.1) is 0 Å². The van der Waals surface area contributed by atoms with Crippen molar-refractivity contribution < 1.29 is 18.0 Å². The summed E-state index contributed by atoms with van der Waals surface area (Å²) in [5, 5.41) is 5.54. The molecule has 0 radical (unpaired) electrons. The maximum atomic E-state index is 13.7. The Hall–Kier alpha value is -3.43. The number of aromatic nitrogens is 4. The lowest BCUT2D eigenvalue weighted by molar-refractivity contribution is -0.114. The van der Waals surface area contributed by atoms with E-state index in [1.54, 1.807) is 13.8 Å². The predicted molar refractivity (Wildman–Crippen MR) is 98.4 cm³/mol. The first-order valence-electron chi connectivity index (χ1n) is 8.33. The van der Waals surface area contributed by atoms with E-state index >= 15 is 0 Å². The van der Waals surface area contributed by atoms with Crippen LogP contribution in [0.3, 0.4) is 0 Å². The number of aryl methyl sites for hydroxylation is 2. The summed E-state index contributed by atoms with van der Waals surface area (Å²) in [6.07, 6.45) is 2.94. The highest BCUT2D eigenvalue weighted by Gasteiger charge is 2.29. The number of alkyl halides is 2. The second kappa shape index (κ2) is 7.29. The molecule has 1 amide bonds. The molecule has 0 saturated carbocycles. The van der Waals surface area contributed by atoms with E-state index < -0.39 is 11.7 Å². The Balaban J connectivity index is 2.06. The molecule has 3 rings (SSSR count). The van der Waals surface area contributed by atoms with Crippen LogP contribution < -0.4 is 10.6 Å². The first kappa shape index (κ1) is 19.3. The number of halogens is 2. The number of hydrogen-bond acceptors (Lipinski definition) is 7. The van der Waals surface area contributed by atoms with Gasteiger partial charge in [-0.2, -0.15) is 8.78 Å². The van der Waals surface area contributed by atoms with Crippen molar-refractivity contribution >= 4 is 23.2 Å². The molecule has 3 heterocycles. The summed E-state index contributed by atoms with van der Waals surface area (Å²) >= 11 is 0. The topological polar surface area (TPSA) is 106 Å². The maximum absolute atomic E-state index is 13.7. The van der Waals surface area contributed by atoms with Crippen molar-refractivity contribution in [3.63, 3.8) is 0 Å². The maximum Gasteiger partial charge on any atom is 0.303 e. The Bertz CT molecular complexity index is 1030. The molecule has 0 aliphatic carbocycles. The van der Waals surface area contributed by atoms with Crippen LogP contribution in [0.1, 0.15) is 31.1 Å². The zero-order chi connectivity index (χ0) is 20.5. The van der Waals surface area contributed by atoms with Gasteiger partial charge in [0.05, 0.1) is 16.9 Å². The van der Waals surface area contributed by atoms with E-state index in [9.17, 15) is 13.6 Å². The van der Waals surface area contributed by atoms with Crippen LogP contribution in [-0.2, 0) is 10.7 Å². The summed E-state index contributed by atoms with van der Waals surface area (Å²) < 4.78 is 32.8. The average Bonchev–Trinajstić information content (AvgIpc) is 2.99. The van der Waals surface area contributed by atoms with E-state index in [0.29, 0.717) is 22.6 Å². The molecule has 0 unspecified atom stereocenters. The van der Waals surface area contributed by atoms with E-state index in [-0.39, 0.29) is 23.4 Å². The lowest BCUT2D eigenvalue weighted by Crippen LogP contribution is -2.14. The van der Waals surface area contributed by atoms with Gasteiger partial charge in [0.15, 0.2) is 0 Å². The van der Waals surface area contributed by atoms with Crippen molar-refractivity contribution in [3.05, 3.63) is 41.8 Å². The molecule has 0 aromatic carbocycles. The van der Waals surface area contributed by atoms with Gasteiger partial charge in [0, 0.05) is 37.9 Å². The van der Waals surface area contributed by atoms with Gasteiger partial charge in [0.25, 0.3) is 0 Å². The molecule has 3 aromatic heterocycles. The number of carbonyl (C=O) groups excluding carboxylic acids is 1. The molecule has 0 bridgehead atoms. The van der Waals surface area contributed by atoms with E-state index in [0.717, 1.165) is 6.92 Å². The van der Waals surface area contributed by atoms with Crippen LogP contribution in [0.4, 0.5) is 26.1 Å². The number of anilines is 3. The smallest absolute Gasteiger partial charge is 0.303 e. The third-order valence-corrected chi connectivity index (χ3v) is 3.57. The molecule has 0 spiro atoms. The summed E-state index contributed by atoms with van der Waals surface area (Å²) in [5.41, 5.74) is 1.93. The van der Waals surface area contributed by atoms with Gasteiger partial charge in [-0.1, -0.05) is 0 Å². The molecule has 146 valence electrons. The summed E-state index contributed by atoms with van der Waals surface area (Å²) in [6, 6.07) is 3.07. The van der Waals surface area contributed by atoms with Gasteiger partial charge in [0.1, 0.15) is 17.9 Å². The number of rotatable bonds is 5. The van der Waals surface area contributed by atoms with Gasteiger partial charge in [0.2, 0.25) is 17.6 Å². The molecule has 3 aromatic rings. The molecular weight excluding hydrogens is 370 g/mol. The van der Waals surface area contributed by atoms with Crippen molar-refractivity contribution in [2.45, 2.75) is 33.6 Å². The van der Waals surface area contributed by atoms with Gasteiger partial charge in [-0.05, 0) is 13.8 Å². The molecule has 0 aliphatic rings. The lowest BCUT2D eigenvalue weighted by atomic mass is 10.2. The van der Waals surface area contributed by atoms with E-state index in [4.69, 9.17) is 4.42 Å². The van der Waals surface area contributed by atoms with Crippen molar-refractivity contribution in [3.8, 4) is 11.5 Å². The number of carbonyl (C=O) groups is 1. The fraction of sp³-hybridized carbons (Fsp3) is 0.278. The van der Waals surface area contributed by atoms with Gasteiger partial charge in [-0.25, -0.2) is 19.9 Å². The standard InChI is InChI=1S/C18H18F2N6O2/c1-9-5-15(26-17(23-9)18(4,19)20)25-13-6-14(24-11(3)27)21-7-12(13)16-22-10(2)8-28-16/h5-8H,1-4H3,(H2,21,23,24,25,26,27). The number of oxazole rings is 1. The van der Waals surface area contributed by atoms with Crippen LogP contribution in [-0.4, -0.2) is 25.8 Å². The van der Waals surface area contributed by atoms with Crippen LogP contribution >= 0.6 is 0 Å². The highest BCUT2D eigenvalue weighted by molar-refractivity contribution is 5.89. The average molecular weight is 388 g/mol. The number of hydrogen-bond donors (Lipinski definition) is 2. The fourth-order valence-electron chi connectivity index (χ4n) is 2.42. The summed E-state index contributed by atoms with van der Waals surface area (Å²) in [4.78, 5) is 27.4. The van der Waals surface area contributed by atoms with Gasteiger partial charge < -0.3 is 15.1 Å². The van der Waals surface area contributed by atoms with Crippen molar-refractivity contribution in [2.24, 2.45) is 0 Å². The molecule has 28 heavy (non-hydrogen) atoms. The zero-order valence-electron chi connectivity index (χ0n) is 15.7. The molecular formula is C18H18F2N6O2. The van der Waals surface area contributed by atoms with Gasteiger partial charge in [-0.3, -0.25) is 4.79 Å². The van der Waals surface area contributed by atoms with Crippen LogP contribution in [0.2, 0.25) is 0 Å². The first-order valence-corrected chi connectivity index (χ1v) is 8.33. The van der Waals surface area contributed by atoms with Crippen LogP contribution in [0.5, 0.6) is 0 Å². The molecule has 0 aliphatic heterocycles. The predicted octanol–water partition coefficient (Wildman–Crippen LogP) is 3.96. The number of amides is 1. The number of nitrogens with one attached hydrogen (secondary N) is 2. The highest BCUT2D eigenvalue weighted by Crippen LogP contribution is 2.32. The molecule has 0 saturated heterocycles. The summed E-state index contributed by atoms with van der Waals surface area (Å²) in [7, 11) is 0. The molecule has 0 fully saturated rings. The minimum atomic E-state index is -3.19. The Kier molecular flexibility index (Phi) is 5.04. The van der Waals surface area contributed by atoms with Crippen LogP contribution in [0.15, 0.2) is 29.0 Å². The Morgan fingerprint density at radius 3 is 2.46 bits per heavy atom.